The Morgan fingerprint density at radius 1 is 1.38 bits per heavy atom. The standard InChI is InChI=1S/C14H15N3O3S/c1-3-10(13(19)20)11-8(2)16-14(21-11)17-12(18)9-4-6-15-7-5-9/h4-7,10H,3H2,1-2H3,(H,19,20)(H,16,17,18). The number of anilines is 1. The van der Waals surface area contributed by atoms with Gasteiger partial charge in [0.2, 0.25) is 0 Å². The fraction of sp³-hybridized carbons (Fsp3) is 0.286. The Morgan fingerprint density at radius 3 is 2.62 bits per heavy atom. The second-order valence-electron chi connectivity index (χ2n) is 4.46. The van der Waals surface area contributed by atoms with Crippen LogP contribution in [0.2, 0.25) is 0 Å². The molecular formula is C14H15N3O3S. The molecule has 0 saturated carbocycles. The van der Waals surface area contributed by atoms with Crippen molar-refractivity contribution in [2.75, 3.05) is 5.32 Å². The van der Waals surface area contributed by atoms with E-state index in [4.69, 9.17) is 0 Å². The molecule has 1 unspecified atom stereocenters. The molecule has 7 heteroatoms. The minimum atomic E-state index is -0.878. The lowest BCUT2D eigenvalue weighted by Crippen LogP contribution is -2.11. The number of rotatable bonds is 5. The van der Waals surface area contributed by atoms with Crippen molar-refractivity contribution in [1.29, 1.82) is 0 Å². The molecule has 2 aromatic rings. The van der Waals surface area contributed by atoms with Gasteiger partial charge in [0.15, 0.2) is 5.13 Å². The zero-order valence-electron chi connectivity index (χ0n) is 11.7. The molecule has 2 heterocycles. The highest BCUT2D eigenvalue weighted by atomic mass is 32.1. The third-order valence-electron chi connectivity index (χ3n) is 3.02. The monoisotopic (exact) mass is 305 g/mol. The molecule has 2 N–H and O–H groups in total. The van der Waals surface area contributed by atoms with Crippen LogP contribution < -0.4 is 5.32 Å². The molecule has 0 aliphatic carbocycles. The summed E-state index contributed by atoms with van der Waals surface area (Å²) in [7, 11) is 0. The zero-order valence-corrected chi connectivity index (χ0v) is 12.5. The Bertz CT molecular complexity index is 655. The van der Waals surface area contributed by atoms with Gasteiger partial charge in [-0.25, -0.2) is 4.98 Å². The van der Waals surface area contributed by atoms with Gasteiger partial charge in [-0.05, 0) is 25.5 Å². The van der Waals surface area contributed by atoms with E-state index in [2.05, 4.69) is 15.3 Å². The third kappa shape index (κ3) is 3.43. The van der Waals surface area contributed by atoms with Crippen LogP contribution in [0.4, 0.5) is 5.13 Å². The third-order valence-corrected chi connectivity index (χ3v) is 4.20. The fourth-order valence-electron chi connectivity index (χ4n) is 1.93. The smallest absolute Gasteiger partial charge is 0.311 e. The van der Waals surface area contributed by atoms with E-state index in [-0.39, 0.29) is 5.91 Å². The van der Waals surface area contributed by atoms with E-state index in [1.54, 1.807) is 19.1 Å². The summed E-state index contributed by atoms with van der Waals surface area (Å²) in [5.74, 6) is -1.76. The van der Waals surface area contributed by atoms with Crippen molar-refractivity contribution < 1.29 is 14.7 Å². The van der Waals surface area contributed by atoms with Gasteiger partial charge in [-0.3, -0.25) is 19.9 Å². The molecule has 0 spiro atoms. The van der Waals surface area contributed by atoms with Crippen LogP contribution in [0.3, 0.4) is 0 Å². The molecule has 0 radical (unpaired) electrons. The number of aromatic nitrogens is 2. The number of pyridine rings is 1. The summed E-state index contributed by atoms with van der Waals surface area (Å²) in [6.45, 7) is 3.56. The number of aryl methyl sites for hydroxylation is 1. The summed E-state index contributed by atoms with van der Waals surface area (Å²) in [5.41, 5.74) is 1.11. The summed E-state index contributed by atoms with van der Waals surface area (Å²) < 4.78 is 0. The Balaban J connectivity index is 2.19. The normalized spacial score (nSPS) is 11.9. The van der Waals surface area contributed by atoms with Gasteiger partial charge in [-0.1, -0.05) is 6.92 Å². The number of amides is 1. The van der Waals surface area contributed by atoms with Crippen molar-refractivity contribution in [2.45, 2.75) is 26.2 Å². The van der Waals surface area contributed by atoms with Crippen LogP contribution in [-0.2, 0) is 4.79 Å². The van der Waals surface area contributed by atoms with Crippen LogP contribution in [0.1, 0.15) is 40.2 Å². The fourth-order valence-corrected chi connectivity index (χ4v) is 3.07. The summed E-state index contributed by atoms with van der Waals surface area (Å²) in [5, 5.41) is 12.3. The first kappa shape index (κ1) is 15.1. The van der Waals surface area contributed by atoms with Crippen LogP contribution in [0.25, 0.3) is 0 Å². The van der Waals surface area contributed by atoms with Crippen molar-refractivity contribution in [3.63, 3.8) is 0 Å². The second-order valence-corrected chi connectivity index (χ2v) is 5.49. The minimum Gasteiger partial charge on any atom is -0.481 e. The van der Waals surface area contributed by atoms with Gasteiger partial charge >= 0.3 is 5.97 Å². The number of carbonyl (C=O) groups is 2. The summed E-state index contributed by atoms with van der Waals surface area (Å²) in [6.07, 6.45) is 3.55. The number of aliphatic carboxylic acids is 1. The molecule has 110 valence electrons. The van der Waals surface area contributed by atoms with Crippen molar-refractivity contribution in [1.82, 2.24) is 9.97 Å². The van der Waals surface area contributed by atoms with Crippen LogP contribution in [0, 0.1) is 6.92 Å². The number of carbonyl (C=O) groups excluding carboxylic acids is 1. The highest BCUT2D eigenvalue weighted by Gasteiger charge is 2.23. The van der Waals surface area contributed by atoms with Crippen molar-refractivity contribution >= 4 is 28.3 Å². The van der Waals surface area contributed by atoms with E-state index >= 15 is 0 Å². The van der Waals surface area contributed by atoms with E-state index in [0.717, 1.165) is 0 Å². The van der Waals surface area contributed by atoms with Gasteiger partial charge in [-0.2, -0.15) is 0 Å². The maximum absolute atomic E-state index is 12.0. The molecule has 0 fully saturated rings. The second kappa shape index (κ2) is 6.45. The lowest BCUT2D eigenvalue weighted by molar-refractivity contribution is -0.138. The number of carboxylic acids is 1. The summed E-state index contributed by atoms with van der Waals surface area (Å²) >= 11 is 1.20. The highest BCUT2D eigenvalue weighted by molar-refractivity contribution is 7.16. The van der Waals surface area contributed by atoms with Gasteiger partial charge in [0.1, 0.15) is 0 Å². The van der Waals surface area contributed by atoms with E-state index < -0.39 is 11.9 Å². The number of hydrogen-bond acceptors (Lipinski definition) is 5. The maximum Gasteiger partial charge on any atom is 0.311 e. The molecular weight excluding hydrogens is 290 g/mol. The first-order valence-electron chi connectivity index (χ1n) is 6.44. The number of nitrogens with one attached hydrogen (secondary N) is 1. The number of thiazole rings is 1. The Kier molecular flexibility index (Phi) is 4.64. The van der Waals surface area contributed by atoms with Gasteiger partial charge in [0.25, 0.3) is 5.91 Å². The summed E-state index contributed by atoms with van der Waals surface area (Å²) in [6, 6.07) is 3.20. The molecule has 0 saturated heterocycles. The molecule has 6 nitrogen and oxygen atoms in total. The molecule has 2 aromatic heterocycles. The van der Waals surface area contributed by atoms with Gasteiger partial charge in [0, 0.05) is 22.8 Å². The predicted octanol–water partition coefficient (Wildman–Crippen LogP) is 2.68. The van der Waals surface area contributed by atoms with Crippen LogP contribution in [-0.4, -0.2) is 27.0 Å². The molecule has 1 amide bonds. The highest BCUT2D eigenvalue weighted by Crippen LogP contribution is 2.32. The quantitative estimate of drug-likeness (QED) is 0.886. The first-order valence-corrected chi connectivity index (χ1v) is 7.26. The van der Waals surface area contributed by atoms with Crippen LogP contribution in [0.5, 0.6) is 0 Å². The number of hydrogen-bond donors (Lipinski definition) is 2. The average molecular weight is 305 g/mol. The Morgan fingerprint density at radius 2 is 2.05 bits per heavy atom. The van der Waals surface area contributed by atoms with Crippen LogP contribution >= 0.6 is 11.3 Å². The van der Waals surface area contributed by atoms with Gasteiger partial charge < -0.3 is 5.11 Å². The molecule has 0 aliphatic heterocycles. The minimum absolute atomic E-state index is 0.291. The predicted molar refractivity (Wildman–Crippen MR) is 79.7 cm³/mol. The molecule has 21 heavy (non-hydrogen) atoms. The number of nitrogens with zero attached hydrogens (tertiary/aromatic N) is 2. The zero-order chi connectivity index (χ0) is 15.4. The lowest BCUT2D eigenvalue weighted by Gasteiger charge is -2.06. The van der Waals surface area contributed by atoms with Crippen molar-refractivity contribution in [3.05, 3.63) is 40.7 Å². The lowest BCUT2D eigenvalue weighted by atomic mass is 10.0. The molecule has 1 atom stereocenters. The van der Waals surface area contributed by atoms with E-state index in [0.29, 0.717) is 27.7 Å². The van der Waals surface area contributed by atoms with Gasteiger partial charge in [0.05, 0.1) is 11.6 Å². The average Bonchev–Trinajstić information content (AvgIpc) is 2.81. The van der Waals surface area contributed by atoms with Crippen LogP contribution in [0.15, 0.2) is 24.5 Å². The SMILES string of the molecule is CCC(C(=O)O)c1sc(NC(=O)c2ccncc2)nc1C. The molecule has 0 aliphatic rings. The Hall–Kier alpha value is -2.28. The van der Waals surface area contributed by atoms with E-state index in [1.165, 1.54) is 23.7 Å². The van der Waals surface area contributed by atoms with E-state index in [9.17, 15) is 14.7 Å². The van der Waals surface area contributed by atoms with Crippen molar-refractivity contribution in [3.8, 4) is 0 Å². The summed E-state index contributed by atoms with van der Waals surface area (Å²) in [4.78, 5) is 32.0. The maximum atomic E-state index is 12.0. The molecule has 0 aromatic carbocycles. The molecule has 0 bridgehead atoms. The largest absolute Gasteiger partial charge is 0.481 e. The topological polar surface area (TPSA) is 92.2 Å². The first-order chi connectivity index (χ1) is 10.0. The number of carboxylic acid groups (broad SMARTS) is 1. The van der Waals surface area contributed by atoms with Gasteiger partial charge in [-0.15, -0.1) is 11.3 Å². The van der Waals surface area contributed by atoms with Crippen molar-refractivity contribution in [2.24, 2.45) is 0 Å². The van der Waals surface area contributed by atoms with E-state index in [1.807, 2.05) is 6.92 Å². The Labute approximate surface area is 125 Å². The molecule has 2 rings (SSSR count).